The maximum atomic E-state index is 12.0. The smallest absolute Gasteiger partial charge is 0.244 e. The summed E-state index contributed by atoms with van der Waals surface area (Å²) in [4.78, 5) is 12.0. The maximum absolute atomic E-state index is 12.0. The molecule has 0 radical (unpaired) electrons. The molecule has 32 heavy (non-hydrogen) atoms. The Morgan fingerprint density at radius 1 is 1.28 bits per heavy atom. The molecule has 8 atom stereocenters. The molecule has 0 saturated carbocycles. The van der Waals surface area contributed by atoms with Gasteiger partial charge in [-0.05, 0) is 39.5 Å². The Balaban J connectivity index is 1.47. The van der Waals surface area contributed by atoms with E-state index < -0.39 is 6.10 Å². The van der Waals surface area contributed by atoms with Gasteiger partial charge < -0.3 is 30.4 Å². The van der Waals surface area contributed by atoms with Crippen LogP contribution in [0.1, 0.15) is 53.4 Å². The van der Waals surface area contributed by atoms with E-state index in [9.17, 15) is 9.90 Å². The van der Waals surface area contributed by atoms with Crippen LogP contribution >= 0.6 is 0 Å². The van der Waals surface area contributed by atoms with Crippen LogP contribution in [-0.4, -0.2) is 66.3 Å². The van der Waals surface area contributed by atoms with E-state index in [2.05, 4.69) is 37.4 Å². The summed E-state index contributed by atoms with van der Waals surface area (Å²) in [5, 5.41) is 12.3. The fourth-order valence-electron chi connectivity index (χ4n) is 4.60. The van der Waals surface area contributed by atoms with Gasteiger partial charge in [0.05, 0.1) is 48.8 Å². The number of hydrogen-bond acceptors (Lipinski definition) is 6. The molecule has 3 fully saturated rings. The van der Waals surface area contributed by atoms with E-state index in [0.29, 0.717) is 12.5 Å². The van der Waals surface area contributed by atoms with Gasteiger partial charge in [0, 0.05) is 25.5 Å². The first kappa shape index (κ1) is 25.1. The van der Waals surface area contributed by atoms with Gasteiger partial charge in [0.2, 0.25) is 5.91 Å². The van der Waals surface area contributed by atoms with Gasteiger partial charge in [-0.15, -0.1) is 0 Å². The molecule has 8 unspecified atom stereocenters. The SMILES string of the molecule is CC(C=CC1CC2(CO2)CC(CN)O1)=CCC1OC(C)C(NC(=O)C=CC(C)O)CC1C. The van der Waals surface area contributed by atoms with Crippen molar-refractivity contribution in [2.75, 3.05) is 13.2 Å². The van der Waals surface area contributed by atoms with E-state index in [-0.39, 0.29) is 42.0 Å². The van der Waals surface area contributed by atoms with Crippen molar-refractivity contribution in [1.29, 1.82) is 0 Å². The molecule has 0 bridgehead atoms. The lowest BCUT2D eigenvalue weighted by atomic mass is 9.88. The number of nitrogens with two attached hydrogens (primary N) is 1. The average Bonchev–Trinajstić information content (AvgIpc) is 3.49. The Hall–Kier alpha value is -1.51. The second-order valence-electron chi connectivity index (χ2n) is 9.76. The van der Waals surface area contributed by atoms with E-state index in [1.807, 2.05) is 6.92 Å². The Morgan fingerprint density at radius 2 is 2.03 bits per heavy atom. The van der Waals surface area contributed by atoms with Gasteiger partial charge in [0.15, 0.2) is 0 Å². The minimum absolute atomic E-state index is 0.00544. The molecular weight excluding hydrogens is 408 g/mol. The molecule has 7 nitrogen and oxygen atoms in total. The van der Waals surface area contributed by atoms with Crippen LogP contribution in [0.5, 0.6) is 0 Å². The lowest BCUT2D eigenvalue weighted by Gasteiger charge is -2.39. The molecule has 1 amide bonds. The molecule has 3 saturated heterocycles. The summed E-state index contributed by atoms with van der Waals surface area (Å²) in [6.07, 6.45) is 12.3. The highest BCUT2D eigenvalue weighted by atomic mass is 16.6. The minimum Gasteiger partial charge on any atom is -0.389 e. The van der Waals surface area contributed by atoms with Crippen molar-refractivity contribution in [3.63, 3.8) is 0 Å². The Morgan fingerprint density at radius 3 is 2.69 bits per heavy atom. The van der Waals surface area contributed by atoms with Crippen molar-refractivity contribution >= 4 is 5.91 Å². The van der Waals surface area contributed by atoms with Crippen LogP contribution in [0.3, 0.4) is 0 Å². The van der Waals surface area contributed by atoms with Gasteiger partial charge in [-0.2, -0.15) is 0 Å². The largest absolute Gasteiger partial charge is 0.389 e. The van der Waals surface area contributed by atoms with Crippen molar-refractivity contribution in [2.24, 2.45) is 11.7 Å². The molecule has 0 aromatic rings. The van der Waals surface area contributed by atoms with Crippen LogP contribution in [-0.2, 0) is 19.0 Å². The van der Waals surface area contributed by atoms with E-state index >= 15 is 0 Å². The molecule has 0 aromatic carbocycles. The van der Waals surface area contributed by atoms with Crippen molar-refractivity contribution in [2.45, 2.75) is 95.5 Å². The second-order valence-corrected chi connectivity index (χ2v) is 9.76. The predicted molar refractivity (Wildman–Crippen MR) is 124 cm³/mol. The summed E-state index contributed by atoms with van der Waals surface area (Å²) in [5.74, 6) is 0.127. The molecular formula is C25H40N2O5. The van der Waals surface area contributed by atoms with Crippen molar-refractivity contribution in [3.8, 4) is 0 Å². The Kier molecular flexibility index (Phi) is 8.69. The molecule has 3 rings (SSSR count). The third kappa shape index (κ3) is 7.25. The number of nitrogens with one attached hydrogen (secondary N) is 1. The average molecular weight is 449 g/mol. The van der Waals surface area contributed by atoms with E-state index in [0.717, 1.165) is 32.3 Å². The standard InChI is InChI=1S/C25H40N2O5/c1-16(5-8-20-12-25(15-30-25)13-21(14-26)32-20)6-9-23-17(2)11-22(19(4)31-23)27-24(29)10-7-18(3)28/h5-8,10,17-23,28H,9,11-15,26H2,1-4H3,(H,27,29). The number of epoxide rings is 1. The fraction of sp³-hybridized carbons (Fsp3) is 0.720. The summed E-state index contributed by atoms with van der Waals surface area (Å²) >= 11 is 0. The minimum atomic E-state index is -0.636. The molecule has 180 valence electrons. The second kappa shape index (κ2) is 11.1. The lowest BCUT2D eigenvalue weighted by Crippen LogP contribution is -2.50. The highest BCUT2D eigenvalue weighted by molar-refractivity contribution is 5.87. The van der Waals surface area contributed by atoms with Crippen molar-refractivity contribution in [3.05, 3.63) is 36.0 Å². The third-order valence-electron chi connectivity index (χ3n) is 6.67. The number of allylic oxidation sites excluding steroid dienone is 2. The summed E-state index contributed by atoms with van der Waals surface area (Å²) < 4.78 is 18.0. The van der Waals surface area contributed by atoms with Crippen LogP contribution in [0.2, 0.25) is 0 Å². The normalized spacial score (nSPS) is 39.0. The molecule has 1 spiro atoms. The number of rotatable bonds is 8. The zero-order valence-electron chi connectivity index (χ0n) is 19.8. The van der Waals surface area contributed by atoms with Crippen molar-refractivity contribution in [1.82, 2.24) is 5.32 Å². The number of ether oxygens (including phenoxy) is 3. The van der Waals surface area contributed by atoms with Gasteiger partial charge in [0.25, 0.3) is 0 Å². The molecule has 3 aliphatic heterocycles. The number of hydrogen-bond donors (Lipinski definition) is 3. The third-order valence-corrected chi connectivity index (χ3v) is 6.67. The number of carbonyl (C=O) groups excluding carboxylic acids is 1. The zero-order chi connectivity index (χ0) is 23.3. The lowest BCUT2D eigenvalue weighted by molar-refractivity contribution is -0.123. The maximum Gasteiger partial charge on any atom is 0.244 e. The topological polar surface area (TPSA) is 106 Å². The van der Waals surface area contributed by atoms with Crippen LogP contribution in [0, 0.1) is 5.92 Å². The summed E-state index contributed by atoms with van der Waals surface area (Å²) in [5.41, 5.74) is 6.99. The van der Waals surface area contributed by atoms with Crippen LogP contribution in [0.25, 0.3) is 0 Å². The summed E-state index contributed by atoms with van der Waals surface area (Å²) in [6, 6.07) is -0.0340. The Bertz CT molecular complexity index is 728. The summed E-state index contributed by atoms with van der Waals surface area (Å²) in [7, 11) is 0. The highest BCUT2D eigenvalue weighted by Crippen LogP contribution is 2.42. The predicted octanol–water partition coefficient (Wildman–Crippen LogP) is 2.39. The number of aliphatic hydroxyl groups is 1. The highest BCUT2D eigenvalue weighted by Gasteiger charge is 2.50. The first-order chi connectivity index (χ1) is 15.2. The first-order valence-corrected chi connectivity index (χ1v) is 11.9. The molecule has 3 heterocycles. The van der Waals surface area contributed by atoms with E-state index in [1.54, 1.807) is 6.92 Å². The van der Waals surface area contributed by atoms with Crippen LogP contribution in [0.15, 0.2) is 36.0 Å². The fourth-order valence-corrected chi connectivity index (χ4v) is 4.60. The molecule has 0 aliphatic carbocycles. The number of aliphatic hydroxyl groups excluding tert-OH is 1. The number of amides is 1. The van der Waals surface area contributed by atoms with Gasteiger partial charge in [-0.3, -0.25) is 4.79 Å². The van der Waals surface area contributed by atoms with Gasteiger partial charge >= 0.3 is 0 Å². The van der Waals surface area contributed by atoms with Gasteiger partial charge in [0.1, 0.15) is 0 Å². The Labute approximate surface area is 192 Å². The zero-order valence-corrected chi connectivity index (χ0v) is 19.8. The van der Waals surface area contributed by atoms with E-state index in [1.165, 1.54) is 17.7 Å². The molecule has 3 aliphatic rings. The van der Waals surface area contributed by atoms with Crippen LogP contribution in [0.4, 0.5) is 0 Å². The van der Waals surface area contributed by atoms with Gasteiger partial charge in [-0.1, -0.05) is 36.8 Å². The van der Waals surface area contributed by atoms with Gasteiger partial charge in [-0.25, -0.2) is 0 Å². The van der Waals surface area contributed by atoms with E-state index in [4.69, 9.17) is 19.9 Å². The first-order valence-electron chi connectivity index (χ1n) is 11.9. The molecule has 7 heteroatoms. The van der Waals surface area contributed by atoms with Crippen molar-refractivity contribution < 1.29 is 24.1 Å². The molecule has 4 N–H and O–H groups in total. The van der Waals surface area contributed by atoms with Crippen LogP contribution < -0.4 is 11.1 Å². The quantitative estimate of drug-likeness (QED) is 0.299. The monoisotopic (exact) mass is 448 g/mol. The number of carbonyl (C=O) groups is 1. The summed E-state index contributed by atoms with van der Waals surface area (Å²) in [6.45, 7) is 9.22. The molecule has 0 aromatic heterocycles.